The van der Waals surface area contributed by atoms with Crippen molar-refractivity contribution >= 4 is 0 Å². The first-order valence-corrected chi connectivity index (χ1v) is 9.21. The van der Waals surface area contributed by atoms with Gasteiger partial charge in [0.1, 0.15) is 5.82 Å². The molecule has 4 heterocycles. The van der Waals surface area contributed by atoms with Crippen molar-refractivity contribution in [2.75, 3.05) is 39.4 Å². The number of imidazole rings is 1. The Labute approximate surface area is 149 Å². The lowest BCUT2D eigenvalue weighted by molar-refractivity contribution is 0.0265. The molecule has 0 bridgehead atoms. The number of aromatic nitrogens is 3. The Balaban J connectivity index is 1.48. The van der Waals surface area contributed by atoms with Crippen molar-refractivity contribution in [2.24, 2.45) is 5.92 Å². The largest absolute Gasteiger partial charge is 0.379 e. The smallest absolute Gasteiger partial charge is 0.122 e. The zero-order valence-electron chi connectivity index (χ0n) is 15.0. The van der Waals surface area contributed by atoms with Crippen LogP contribution in [0.3, 0.4) is 0 Å². The van der Waals surface area contributed by atoms with Crippen LogP contribution in [0, 0.1) is 12.8 Å². The second-order valence-corrected chi connectivity index (χ2v) is 7.21. The van der Waals surface area contributed by atoms with Gasteiger partial charge in [-0.2, -0.15) is 0 Å². The van der Waals surface area contributed by atoms with Gasteiger partial charge in [0.15, 0.2) is 0 Å². The Bertz CT molecular complexity index is 695. The molecule has 2 aromatic rings. The van der Waals surface area contributed by atoms with Crippen LogP contribution < -0.4 is 0 Å². The van der Waals surface area contributed by atoms with E-state index in [4.69, 9.17) is 4.74 Å². The Hall–Kier alpha value is -1.76. The van der Waals surface area contributed by atoms with E-state index < -0.39 is 0 Å². The van der Waals surface area contributed by atoms with E-state index in [9.17, 15) is 0 Å². The lowest BCUT2D eigenvalue weighted by atomic mass is 10.1. The van der Waals surface area contributed by atoms with Gasteiger partial charge in [0, 0.05) is 63.3 Å². The van der Waals surface area contributed by atoms with Crippen LogP contribution in [0.15, 0.2) is 30.6 Å². The fourth-order valence-corrected chi connectivity index (χ4v) is 3.92. The molecule has 4 rings (SSSR count). The Morgan fingerprint density at radius 1 is 1.16 bits per heavy atom. The summed E-state index contributed by atoms with van der Waals surface area (Å²) >= 11 is 0. The van der Waals surface area contributed by atoms with E-state index >= 15 is 0 Å². The molecular weight excluding hydrogens is 314 g/mol. The number of hydrogen-bond donors (Lipinski definition) is 0. The molecule has 0 unspecified atom stereocenters. The molecule has 2 aliphatic rings. The quantitative estimate of drug-likeness (QED) is 0.844. The van der Waals surface area contributed by atoms with Crippen LogP contribution in [-0.2, 0) is 24.4 Å². The maximum Gasteiger partial charge on any atom is 0.122 e. The van der Waals surface area contributed by atoms with Crippen LogP contribution >= 0.6 is 0 Å². The normalized spacial score (nSPS) is 22.5. The lowest BCUT2D eigenvalue weighted by Gasteiger charge is -2.31. The summed E-state index contributed by atoms with van der Waals surface area (Å²) in [7, 11) is 0. The van der Waals surface area contributed by atoms with Gasteiger partial charge in [-0.1, -0.05) is 6.07 Å². The average Bonchev–Trinajstić information content (AvgIpc) is 2.96. The number of hydrogen-bond acceptors (Lipinski definition) is 5. The van der Waals surface area contributed by atoms with Gasteiger partial charge in [0.2, 0.25) is 0 Å². The molecule has 0 saturated carbocycles. The molecule has 0 N–H and O–H groups in total. The first kappa shape index (κ1) is 16.7. The molecule has 2 aliphatic heterocycles. The maximum absolute atomic E-state index is 5.49. The molecule has 0 spiro atoms. The molecule has 0 radical (unpaired) electrons. The first-order chi connectivity index (χ1) is 12.3. The highest BCUT2D eigenvalue weighted by Gasteiger charge is 2.25. The summed E-state index contributed by atoms with van der Waals surface area (Å²) in [5.41, 5.74) is 2.23. The second kappa shape index (κ2) is 7.64. The van der Waals surface area contributed by atoms with Crippen LogP contribution in [0.25, 0.3) is 0 Å². The van der Waals surface area contributed by atoms with E-state index in [0.29, 0.717) is 5.92 Å². The Morgan fingerprint density at radius 3 is 2.88 bits per heavy atom. The molecule has 25 heavy (non-hydrogen) atoms. The number of rotatable bonds is 4. The van der Waals surface area contributed by atoms with E-state index in [1.807, 2.05) is 6.20 Å². The topological polar surface area (TPSA) is 46.4 Å². The van der Waals surface area contributed by atoms with Gasteiger partial charge in [-0.3, -0.25) is 14.8 Å². The summed E-state index contributed by atoms with van der Waals surface area (Å²) < 4.78 is 7.82. The van der Waals surface area contributed by atoms with Crippen LogP contribution in [-0.4, -0.2) is 63.7 Å². The van der Waals surface area contributed by atoms with Gasteiger partial charge >= 0.3 is 0 Å². The third-order valence-electron chi connectivity index (χ3n) is 5.09. The molecule has 0 aromatic carbocycles. The average molecular weight is 341 g/mol. The lowest BCUT2D eigenvalue weighted by Crippen LogP contribution is -2.42. The molecule has 1 atom stereocenters. The van der Waals surface area contributed by atoms with E-state index in [1.54, 1.807) is 0 Å². The second-order valence-electron chi connectivity index (χ2n) is 7.21. The number of morpholine rings is 1. The highest BCUT2D eigenvalue weighted by atomic mass is 16.5. The third kappa shape index (κ3) is 4.26. The fraction of sp³-hybridized carbons (Fsp3) is 0.579. The minimum absolute atomic E-state index is 0.596. The summed E-state index contributed by atoms with van der Waals surface area (Å²) in [5, 5.41) is 0. The van der Waals surface area contributed by atoms with Crippen LogP contribution in [0.4, 0.5) is 0 Å². The molecule has 1 saturated heterocycles. The zero-order valence-corrected chi connectivity index (χ0v) is 15.0. The van der Waals surface area contributed by atoms with Gasteiger partial charge in [0.05, 0.1) is 25.5 Å². The van der Waals surface area contributed by atoms with E-state index in [2.05, 4.69) is 55.7 Å². The van der Waals surface area contributed by atoms with Gasteiger partial charge in [-0.05, 0) is 19.1 Å². The number of pyridine rings is 1. The zero-order chi connectivity index (χ0) is 17.1. The summed E-state index contributed by atoms with van der Waals surface area (Å²) in [5.74, 6) is 1.76. The number of ether oxygens (including phenoxy) is 1. The monoisotopic (exact) mass is 341 g/mol. The van der Waals surface area contributed by atoms with Crippen molar-refractivity contribution in [3.63, 3.8) is 0 Å². The maximum atomic E-state index is 5.49. The minimum atomic E-state index is 0.596. The van der Waals surface area contributed by atoms with Crippen molar-refractivity contribution in [3.8, 4) is 0 Å². The predicted octanol–water partition coefficient (Wildman–Crippen LogP) is 1.55. The fourth-order valence-electron chi connectivity index (χ4n) is 3.92. The predicted molar refractivity (Wildman–Crippen MR) is 96.1 cm³/mol. The van der Waals surface area contributed by atoms with Crippen molar-refractivity contribution in [1.29, 1.82) is 0 Å². The summed E-state index contributed by atoms with van der Waals surface area (Å²) in [6, 6.07) is 6.28. The summed E-state index contributed by atoms with van der Waals surface area (Å²) in [6.45, 7) is 10.9. The molecule has 6 nitrogen and oxygen atoms in total. The minimum Gasteiger partial charge on any atom is -0.379 e. The Morgan fingerprint density at radius 2 is 2.04 bits per heavy atom. The van der Waals surface area contributed by atoms with E-state index in [-0.39, 0.29) is 0 Å². The van der Waals surface area contributed by atoms with E-state index in [1.165, 1.54) is 0 Å². The number of nitrogens with zero attached hydrogens (tertiary/aromatic N) is 5. The molecule has 0 amide bonds. The van der Waals surface area contributed by atoms with Crippen molar-refractivity contribution in [3.05, 3.63) is 47.8 Å². The standard InChI is InChI=1S/C19H27N5O/c1-16-3-2-4-18(21-16)14-23-12-17(11-22-7-9-25-10-8-22)13-24-6-5-20-19(24)15-23/h2-6,17H,7-15H2,1H3/t17-/m0/s1. The van der Waals surface area contributed by atoms with Gasteiger partial charge in [-0.15, -0.1) is 0 Å². The molecule has 134 valence electrons. The Kier molecular flexibility index (Phi) is 5.10. The summed E-state index contributed by atoms with van der Waals surface area (Å²) in [4.78, 5) is 14.3. The summed E-state index contributed by atoms with van der Waals surface area (Å²) in [6.07, 6.45) is 4.05. The van der Waals surface area contributed by atoms with Gasteiger partial charge < -0.3 is 9.30 Å². The van der Waals surface area contributed by atoms with E-state index in [0.717, 1.165) is 76.2 Å². The van der Waals surface area contributed by atoms with Gasteiger partial charge in [0.25, 0.3) is 0 Å². The van der Waals surface area contributed by atoms with Crippen molar-refractivity contribution < 1.29 is 4.74 Å². The van der Waals surface area contributed by atoms with Crippen LogP contribution in [0.2, 0.25) is 0 Å². The molecule has 6 heteroatoms. The third-order valence-corrected chi connectivity index (χ3v) is 5.09. The van der Waals surface area contributed by atoms with Gasteiger partial charge in [-0.25, -0.2) is 4.98 Å². The highest BCUT2D eigenvalue weighted by Crippen LogP contribution is 2.19. The van der Waals surface area contributed by atoms with Crippen molar-refractivity contribution in [2.45, 2.75) is 26.6 Å². The number of fused-ring (bicyclic) bond motifs is 1. The van der Waals surface area contributed by atoms with Crippen molar-refractivity contribution in [1.82, 2.24) is 24.3 Å². The molecule has 0 aliphatic carbocycles. The number of aryl methyl sites for hydroxylation is 1. The first-order valence-electron chi connectivity index (χ1n) is 9.21. The SMILES string of the molecule is Cc1cccc(CN2Cc3nccn3C[C@@H](CN3CCOCC3)C2)n1. The molecule has 1 fully saturated rings. The highest BCUT2D eigenvalue weighted by molar-refractivity contribution is 5.10. The molecule has 2 aromatic heterocycles. The molecular formula is C19H27N5O. The van der Waals surface area contributed by atoms with Crippen LogP contribution in [0.1, 0.15) is 17.2 Å². The van der Waals surface area contributed by atoms with Crippen LogP contribution in [0.5, 0.6) is 0 Å².